The number of anilines is 1. The first kappa shape index (κ1) is 14.2. The molecule has 1 aliphatic rings. The predicted molar refractivity (Wildman–Crippen MR) is 78.2 cm³/mol. The van der Waals surface area contributed by atoms with E-state index in [1.807, 2.05) is 0 Å². The largest absolute Gasteiger partial charge is 0.365 e. The van der Waals surface area contributed by atoms with Crippen LogP contribution in [0.3, 0.4) is 0 Å². The molecule has 2 aromatic heterocycles. The Kier molecular flexibility index (Phi) is 3.60. The maximum absolute atomic E-state index is 12.1. The van der Waals surface area contributed by atoms with Crippen molar-refractivity contribution < 1.29 is 9.59 Å². The van der Waals surface area contributed by atoms with Gasteiger partial charge in [0, 0.05) is 4.88 Å². The molecular formula is C13H12N6O2S. The van der Waals surface area contributed by atoms with Crippen molar-refractivity contribution in [1.82, 2.24) is 14.8 Å². The van der Waals surface area contributed by atoms with E-state index in [-0.39, 0.29) is 18.3 Å². The number of hydrogen-bond donors (Lipinski definition) is 2. The molecule has 0 radical (unpaired) electrons. The molecule has 2 amide bonds. The fourth-order valence-electron chi connectivity index (χ4n) is 2.49. The Morgan fingerprint density at radius 2 is 2.32 bits per heavy atom. The van der Waals surface area contributed by atoms with Gasteiger partial charge < -0.3 is 11.1 Å². The SMILES string of the molecule is N#Cc1ncn(CC(=O)Nc2sc3c(c2C(N)=O)CCC3)n1. The first-order chi connectivity index (χ1) is 10.6. The van der Waals surface area contributed by atoms with Crippen molar-refractivity contribution in [3.05, 3.63) is 28.2 Å². The van der Waals surface area contributed by atoms with Gasteiger partial charge in [0.15, 0.2) is 0 Å². The van der Waals surface area contributed by atoms with Crippen LogP contribution in [0.2, 0.25) is 0 Å². The van der Waals surface area contributed by atoms with Gasteiger partial charge >= 0.3 is 0 Å². The molecule has 3 rings (SSSR count). The van der Waals surface area contributed by atoms with Gasteiger partial charge in [0.1, 0.15) is 23.9 Å². The summed E-state index contributed by atoms with van der Waals surface area (Å²) in [5.74, 6) is -0.875. The Labute approximate surface area is 129 Å². The number of aromatic nitrogens is 3. The molecule has 0 saturated heterocycles. The van der Waals surface area contributed by atoms with Crippen molar-refractivity contribution in [2.75, 3.05) is 5.32 Å². The minimum atomic E-state index is -0.526. The van der Waals surface area contributed by atoms with Gasteiger partial charge in [0.25, 0.3) is 11.7 Å². The molecule has 0 fully saturated rings. The third-order valence-electron chi connectivity index (χ3n) is 3.36. The van der Waals surface area contributed by atoms with Crippen LogP contribution in [-0.4, -0.2) is 26.6 Å². The van der Waals surface area contributed by atoms with Crippen molar-refractivity contribution >= 4 is 28.2 Å². The third kappa shape index (κ3) is 2.56. The van der Waals surface area contributed by atoms with Crippen LogP contribution in [0.4, 0.5) is 5.00 Å². The highest BCUT2D eigenvalue weighted by atomic mass is 32.1. The zero-order valence-corrected chi connectivity index (χ0v) is 12.3. The van der Waals surface area contributed by atoms with Crippen LogP contribution in [0, 0.1) is 11.3 Å². The number of nitrogens with two attached hydrogens (primary N) is 1. The lowest BCUT2D eigenvalue weighted by molar-refractivity contribution is -0.116. The topological polar surface area (TPSA) is 127 Å². The maximum atomic E-state index is 12.1. The maximum Gasteiger partial charge on any atom is 0.252 e. The van der Waals surface area contributed by atoms with Crippen molar-refractivity contribution in [3.63, 3.8) is 0 Å². The number of thiophene rings is 1. The van der Waals surface area contributed by atoms with Gasteiger partial charge in [-0.2, -0.15) is 5.26 Å². The van der Waals surface area contributed by atoms with Crippen molar-refractivity contribution in [2.24, 2.45) is 5.73 Å². The van der Waals surface area contributed by atoms with Crippen LogP contribution in [0.5, 0.6) is 0 Å². The number of nitrogens with zero attached hydrogens (tertiary/aromatic N) is 4. The fourth-order valence-corrected chi connectivity index (χ4v) is 3.80. The summed E-state index contributed by atoms with van der Waals surface area (Å²) in [6.07, 6.45) is 4.03. The van der Waals surface area contributed by atoms with Gasteiger partial charge in [-0.25, -0.2) is 9.67 Å². The Bertz CT molecular complexity index is 800. The number of rotatable bonds is 4. The highest BCUT2D eigenvalue weighted by Crippen LogP contribution is 2.38. The molecule has 0 saturated carbocycles. The van der Waals surface area contributed by atoms with Gasteiger partial charge in [-0.1, -0.05) is 0 Å². The van der Waals surface area contributed by atoms with E-state index in [0.717, 1.165) is 29.7 Å². The smallest absolute Gasteiger partial charge is 0.252 e. The number of nitriles is 1. The minimum absolute atomic E-state index is 0.000671. The van der Waals surface area contributed by atoms with E-state index in [4.69, 9.17) is 11.0 Å². The second-order valence-corrected chi connectivity index (χ2v) is 5.96. The average Bonchev–Trinajstić information content (AvgIpc) is 3.13. The predicted octanol–water partition coefficient (Wildman–Crippen LogP) is 0.438. The second-order valence-electron chi connectivity index (χ2n) is 4.85. The molecule has 0 unspecified atom stereocenters. The molecule has 0 aliphatic heterocycles. The summed E-state index contributed by atoms with van der Waals surface area (Å²) in [5.41, 5.74) is 6.81. The molecule has 8 nitrogen and oxygen atoms in total. The fraction of sp³-hybridized carbons (Fsp3) is 0.308. The van der Waals surface area contributed by atoms with E-state index < -0.39 is 5.91 Å². The first-order valence-corrected chi connectivity index (χ1v) is 7.44. The molecule has 2 aromatic rings. The minimum Gasteiger partial charge on any atom is -0.365 e. The van der Waals surface area contributed by atoms with E-state index in [1.54, 1.807) is 6.07 Å². The number of carbonyl (C=O) groups is 2. The average molecular weight is 316 g/mol. The zero-order chi connectivity index (χ0) is 15.7. The number of amides is 2. The summed E-state index contributed by atoms with van der Waals surface area (Å²) in [6, 6.07) is 1.79. The van der Waals surface area contributed by atoms with E-state index in [9.17, 15) is 9.59 Å². The van der Waals surface area contributed by atoms with Crippen molar-refractivity contribution in [1.29, 1.82) is 5.26 Å². The van der Waals surface area contributed by atoms with E-state index in [1.165, 1.54) is 22.3 Å². The van der Waals surface area contributed by atoms with Crippen LogP contribution >= 0.6 is 11.3 Å². The lowest BCUT2D eigenvalue weighted by Gasteiger charge is -2.05. The van der Waals surface area contributed by atoms with Gasteiger partial charge in [-0.05, 0) is 24.8 Å². The Morgan fingerprint density at radius 1 is 1.50 bits per heavy atom. The van der Waals surface area contributed by atoms with Gasteiger partial charge in [0.05, 0.1) is 5.56 Å². The van der Waals surface area contributed by atoms with E-state index in [2.05, 4.69) is 15.4 Å². The summed E-state index contributed by atoms with van der Waals surface area (Å²) in [5, 5.41) is 15.7. The number of carbonyl (C=O) groups excluding carboxylic acids is 2. The Balaban J connectivity index is 1.77. The number of aryl methyl sites for hydroxylation is 1. The Morgan fingerprint density at radius 3 is 3.00 bits per heavy atom. The number of nitrogens with one attached hydrogen (secondary N) is 1. The van der Waals surface area contributed by atoms with E-state index in [0.29, 0.717) is 10.6 Å². The molecule has 1 aliphatic carbocycles. The molecule has 0 bridgehead atoms. The number of primary amides is 1. The first-order valence-electron chi connectivity index (χ1n) is 6.62. The van der Waals surface area contributed by atoms with Crippen LogP contribution in [0.25, 0.3) is 0 Å². The van der Waals surface area contributed by atoms with Crippen LogP contribution in [0.1, 0.15) is 33.0 Å². The van der Waals surface area contributed by atoms with Crippen LogP contribution < -0.4 is 11.1 Å². The van der Waals surface area contributed by atoms with Gasteiger partial charge in [-0.3, -0.25) is 9.59 Å². The number of fused-ring (bicyclic) bond motifs is 1. The molecule has 112 valence electrons. The number of hydrogen-bond acceptors (Lipinski definition) is 6. The molecule has 3 N–H and O–H groups in total. The zero-order valence-electron chi connectivity index (χ0n) is 11.5. The standard InChI is InChI=1S/C13H12N6O2S/c14-4-9-16-6-19(18-9)5-10(20)17-13-11(12(15)21)7-2-1-3-8(7)22-13/h6H,1-3,5H2,(H2,15,21)(H,17,20). The second kappa shape index (κ2) is 5.57. The summed E-state index contributed by atoms with van der Waals surface area (Å²) >= 11 is 1.40. The lowest BCUT2D eigenvalue weighted by atomic mass is 10.1. The highest BCUT2D eigenvalue weighted by Gasteiger charge is 2.26. The quantitative estimate of drug-likeness (QED) is 0.846. The molecule has 0 spiro atoms. The van der Waals surface area contributed by atoms with Crippen molar-refractivity contribution in [2.45, 2.75) is 25.8 Å². The van der Waals surface area contributed by atoms with Crippen LogP contribution in [-0.2, 0) is 24.2 Å². The van der Waals surface area contributed by atoms with Crippen LogP contribution in [0.15, 0.2) is 6.33 Å². The molecule has 0 aromatic carbocycles. The Hall–Kier alpha value is -2.73. The van der Waals surface area contributed by atoms with Gasteiger partial charge in [0.2, 0.25) is 5.91 Å². The summed E-state index contributed by atoms with van der Waals surface area (Å²) in [6.45, 7) is -0.0878. The normalized spacial score (nSPS) is 12.7. The van der Waals surface area contributed by atoms with Gasteiger partial charge in [-0.15, -0.1) is 16.4 Å². The molecule has 0 atom stereocenters. The molecule has 22 heavy (non-hydrogen) atoms. The summed E-state index contributed by atoms with van der Waals surface area (Å²) in [4.78, 5) is 28.5. The lowest BCUT2D eigenvalue weighted by Crippen LogP contribution is -2.21. The highest BCUT2D eigenvalue weighted by molar-refractivity contribution is 7.17. The molecular weight excluding hydrogens is 304 g/mol. The van der Waals surface area contributed by atoms with Crippen molar-refractivity contribution in [3.8, 4) is 6.07 Å². The summed E-state index contributed by atoms with van der Waals surface area (Å²) < 4.78 is 1.26. The monoisotopic (exact) mass is 316 g/mol. The molecule has 2 heterocycles. The summed E-state index contributed by atoms with van der Waals surface area (Å²) in [7, 11) is 0. The molecule has 9 heteroatoms. The van der Waals surface area contributed by atoms with E-state index >= 15 is 0 Å². The third-order valence-corrected chi connectivity index (χ3v) is 4.57.